The molecule has 3 atom stereocenters. The van der Waals surface area contributed by atoms with Gasteiger partial charge in [-0.25, -0.2) is 0 Å². The minimum absolute atomic E-state index is 0.105. The van der Waals surface area contributed by atoms with E-state index in [-0.39, 0.29) is 6.10 Å². The zero-order chi connectivity index (χ0) is 12.1. The molecule has 3 unspecified atom stereocenters. The molecule has 0 heterocycles. The van der Waals surface area contributed by atoms with Gasteiger partial charge in [0.1, 0.15) is 0 Å². The van der Waals surface area contributed by atoms with Gasteiger partial charge in [0, 0.05) is 0 Å². The third-order valence-electron chi connectivity index (χ3n) is 3.89. The van der Waals surface area contributed by atoms with Crippen LogP contribution < -0.4 is 0 Å². The van der Waals surface area contributed by atoms with Crippen LogP contribution in [0.1, 0.15) is 44.1 Å². The van der Waals surface area contributed by atoms with Gasteiger partial charge in [-0.1, -0.05) is 42.5 Å². The molecule has 1 nitrogen and oxygen atoms in total. The van der Waals surface area contributed by atoms with Crippen LogP contribution in [0, 0.1) is 5.92 Å². The van der Waals surface area contributed by atoms with Crippen LogP contribution in [0.15, 0.2) is 42.5 Å². The zero-order valence-electron chi connectivity index (χ0n) is 10.5. The summed E-state index contributed by atoms with van der Waals surface area (Å²) in [5, 5.41) is 10.0. The van der Waals surface area contributed by atoms with E-state index < -0.39 is 0 Å². The molecule has 1 N–H and O–H groups in total. The van der Waals surface area contributed by atoms with E-state index in [1.807, 2.05) is 6.92 Å². The molecule has 0 saturated heterocycles. The number of benzene rings is 1. The van der Waals surface area contributed by atoms with Crippen molar-refractivity contribution in [1.82, 2.24) is 0 Å². The zero-order valence-corrected chi connectivity index (χ0v) is 10.5. The summed E-state index contributed by atoms with van der Waals surface area (Å²) in [6.07, 6.45) is 8.36. The number of hydrogen-bond acceptors (Lipinski definition) is 1. The van der Waals surface area contributed by atoms with E-state index in [0.717, 1.165) is 25.7 Å². The lowest BCUT2D eigenvalue weighted by Crippen LogP contribution is -2.27. The molecule has 17 heavy (non-hydrogen) atoms. The van der Waals surface area contributed by atoms with Crippen LogP contribution in [-0.2, 0) is 0 Å². The third kappa shape index (κ3) is 3.19. The minimum Gasteiger partial charge on any atom is -0.393 e. The number of allylic oxidation sites excluding steroid dienone is 2. The Morgan fingerprint density at radius 1 is 1.24 bits per heavy atom. The number of hydrogen-bond donors (Lipinski definition) is 1. The summed E-state index contributed by atoms with van der Waals surface area (Å²) in [4.78, 5) is 0. The Kier molecular flexibility index (Phi) is 4.38. The first-order valence-electron chi connectivity index (χ1n) is 6.65. The van der Waals surface area contributed by atoms with Crippen molar-refractivity contribution in [1.29, 1.82) is 0 Å². The van der Waals surface area contributed by atoms with Gasteiger partial charge in [0.25, 0.3) is 0 Å². The number of aliphatic hydroxyl groups excluding tert-OH is 1. The fourth-order valence-electron chi connectivity index (χ4n) is 2.84. The van der Waals surface area contributed by atoms with Gasteiger partial charge in [-0.3, -0.25) is 0 Å². The molecule has 0 radical (unpaired) electrons. The topological polar surface area (TPSA) is 20.2 Å². The van der Waals surface area contributed by atoms with E-state index in [1.165, 1.54) is 5.56 Å². The van der Waals surface area contributed by atoms with Crippen LogP contribution in [0.3, 0.4) is 0 Å². The summed E-state index contributed by atoms with van der Waals surface area (Å²) in [6.45, 7) is 2.05. The summed E-state index contributed by atoms with van der Waals surface area (Å²) in [5.74, 6) is 1.07. The summed E-state index contributed by atoms with van der Waals surface area (Å²) < 4.78 is 0. The normalized spacial score (nSPS) is 29.6. The lowest BCUT2D eigenvalue weighted by Gasteiger charge is -2.33. The second-order valence-corrected chi connectivity index (χ2v) is 5.05. The van der Waals surface area contributed by atoms with Crippen molar-refractivity contribution in [3.05, 3.63) is 48.0 Å². The molecule has 1 fully saturated rings. The van der Waals surface area contributed by atoms with Gasteiger partial charge >= 0.3 is 0 Å². The first-order chi connectivity index (χ1) is 8.31. The average Bonchev–Trinajstić information content (AvgIpc) is 2.39. The standard InChI is InChI=1S/C16H22O/c1-2-3-7-15-12-14(10-11-16(15)17)13-8-5-4-6-9-13/h2-6,8-9,14-17H,7,10-12H2,1H3/b3-2+. The van der Waals surface area contributed by atoms with E-state index >= 15 is 0 Å². The summed E-state index contributed by atoms with van der Waals surface area (Å²) in [5.41, 5.74) is 1.44. The van der Waals surface area contributed by atoms with Gasteiger partial charge < -0.3 is 5.11 Å². The maximum atomic E-state index is 10.0. The van der Waals surface area contributed by atoms with Gasteiger partial charge in [0.15, 0.2) is 0 Å². The fourth-order valence-corrected chi connectivity index (χ4v) is 2.84. The van der Waals surface area contributed by atoms with E-state index in [2.05, 4.69) is 42.5 Å². The van der Waals surface area contributed by atoms with Gasteiger partial charge in [0.2, 0.25) is 0 Å². The van der Waals surface area contributed by atoms with Crippen molar-refractivity contribution in [2.24, 2.45) is 5.92 Å². The molecule has 1 heteroatoms. The van der Waals surface area contributed by atoms with Crippen molar-refractivity contribution >= 4 is 0 Å². The SMILES string of the molecule is C/C=C/CC1CC(c2ccccc2)CCC1O. The molecule has 1 aliphatic carbocycles. The van der Waals surface area contributed by atoms with E-state index in [4.69, 9.17) is 0 Å². The molecule has 1 aromatic carbocycles. The highest BCUT2D eigenvalue weighted by molar-refractivity contribution is 5.20. The predicted octanol–water partition coefficient (Wildman–Crippen LogP) is 3.90. The van der Waals surface area contributed by atoms with E-state index in [9.17, 15) is 5.11 Å². The van der Waals surface area contributed by atoms with Crippen LogP contribution in [0.25, 0.3) is 0 Å². The molecule has 0 spiro atoms. The van der Waals surface area contributed by atoms with Crippen LogP contribution in [0.2, 0.25) is 0 Å². The Morgan fingerprint density at radius 3 is 2.71 bits per heavy atom. The fraction of sp³-hybridized carbons (Fsp3) is 0.500. The molecule has 2 rings (SSSR count). The Hall–Kier alpha value is -1.08. The summed E-state index contributed by atoms with van der Waals surface area (Å²) in [6, 6.07) is 10.7. The minimum atomic E-state index is -0.105. The molecule has 0 aliphatic heterocycles. The summed E-state index contributed by atoms with van der Waals surface area (Å²) in [7, 11) is 0. The highest BCUT2D eigenvalue weighted by atomic mass is 16.3. The Bertz CT molecular complexity index is 355. The quantitative estimate of drug-likeness (QED) is 0.781. The molecular weight excluding hydrogens is 208 g/mol. The monoisotopic (exact) mass is 230 g/mol. The van der Waals surface area contributed by atoms with Crippen LogP contribution in [0.4, 0.5) is 0 Å². The predicted molar refractivity (Wildman–Crippen MR) is 72.0 cm³/mol. The van der Waals surface area contributed by atoms with Crippen LogP contribution in [-0.4, -0.2) is 11.2 Å². The Labute approximate surface area is 104 Å². The smallest absolute Gasteiger partial charge is 0.0571 e. The molecule has 0 bridgehead atoms. The average molecular weight is 230 g/mol. The molecule has 92 valence electrons. The second-order valence-electron chi connectivity index (χ2n) is 5.05. The van der Waals surface area contributed by atoms with Crippen molar-refractivity contribution in [3.63, 3.8) is 0 Å². The molecule has 1 aliphatic rings. The number of rotatable bonds is 3. The maximum absolute atomic E-state index is 10.0. The lowest BCUT2D eigenvalue weighted by molar-refractivity contribution is 0.0633. The van der Waals surface area contributed by atoms with Gasteiger partial charge in [-0.2, -0.15) is 0 Å². The molecule has 1 saturated carbocycles. The van der Waals surface area contributed by atoms with Gasteiger partial charge in [-0.15, -0.1) is 0 Å². The molecule has 1 aromatic rings. The third-order valence-corrected chi connectivity index (χ3v) is 3.89. The summed E-state index contributed by atoms with van der Waals surface area (Å²) >= 11 is 0. The van der Waals surface area contributed by atoms with Crippen molar-refractivity contribution in [2.75, 3.05) is 0 Å². The van der Waals surface area contributed by atoms with Crippen molar-refractivity contribution in [3.8, 4) is 0 Å². The Balaban J connectivity index is 2.02. The van der Waals surface area contributed by atoms with E-state index in [1.54, 1.807) is 0 Å². The molecule has 0 amide bonds. The van der Waals surface area contributed by atoms with E-state index in [0.29, 0.717) is 11.8 Å². The lowest BCUT2D eigenvalue weighted by atomic mass is 9.75. The van der Waals surface area contributed by atoms with Gasteiger partial charge in [0.05, 0.1) is 6.10 Å². The van der Waals surface area contributed by atoms with Crippen LogP contribution >= 0.6 is 0 Å². The second kappa shape index (κ2) is 6.02. The highest BCUT2D eigenvalue weighted by Crippen LogP contribution is 2.37. The number of aliphatic hydroxyl groups is 1. The highest BCUT2D eigenvalue weighted by Gasteiger charge is 2.28. The largest absolute Gasteiger partial charge is 0.393 e. The van der Waals surface area contributed by atoms with Crippen molar-refractivity contribution < 1.29 is 5.11 Å². The molecular formula is C16H22O. The van der Waals surface area contributed by atoms with Gasteiger partial charge in [-0.05, 0) is 50.0 Å². The van der Waals surface area contributed by atoms with Crippen molar-refractivity contribution in [2.45, 2.75) is 44.6 Å². The van der Waals surface area contributed by atoms with Crippen LogP contribution in [0.5, 0.6) is 0 Å². The first-order valence-corrected chi connectivity index (χ1v) is 6.65. The first kappa shape index (κ1) is 12.4. The molecule has 0 aromatic heterocycles. The Morgan fingerprint density at radius 2 is 2.00 bits per heavy atom. The maximum Gasteiger partial charge on any atom is 0.0571 e.